The zero-order valence-corrected chi connectivity index (χ0v) is 6.41. The number of allylic oxidation sites excluding steroid dienone is 5. The van der Waals surface area contributed by atoms with Crippen LogP contribution in [0.5, 0.6) is 0 Å². The average Bonchev–Trinajstić information content (AvgIpc) is 1.89. The highest BCUT2D eigenvalue weighted by Crippen LogP contribution is 2.39. The number of hydrogen-bond acceptors (Lipinski definition) is 0. The first-order valence-corrected chi connectivity index (χ1v) is 3.85. The molecule has 10 heavy (non-hydrogen) atoms. The lowest BCUT2D eigenvalue weighted by atomic mass is 9.78. The van der Waals surface area contributed by atoms with Crippen molar-refractivity contribution in [1.29, 1.82) is 0 Å². The summed E-state index contributed by atoms with van der Waals surface area (Å²) >= 11 is 0. The van der Waals surface area contributed by atoms with Crippen LogP contribution in [-0.4, -0.2) is 0 Å². The summed E-state index contributed by atoms with van der Waals surface area (Å²) in [4.78, 5) is 0. The van der Waals surface area contributed by atoms with Crippen molar-refractivity contribution in [3.05, 3.63) is 34.9 Å². The van der Waals surface area contributed by atoms with Crippen LogP contribution in [-0.2, 0) is 0 Å². The monoisotopic (exact) mass is 132 g/mol. The second-order valence-corrected chi connectivity index (χ2v) is 3.24. The van der Waals surface area contributed by atoms with Crippen molar-refractivity contribution in [3.8, 4) is 0 Å². The average molecular weight is 132 g/mol. The Kier molecular flexibility index (Phi) is 1.10. The van der Waals surface area contributed by atoms with E-state index in [0.717, 1.165) is 6.42 Å². The maximum absolute atomic E-state index is 4.01. The lowest BCUT2D eigenvalue weighted by Gasteiger charge is -2.27. The van der Waals surface area contributed by atoms with Crippen molar-refractivity contribution in [3.63, 3.8) is 0 Å². The van der Waals surface area contributed by atoms with Crippen LogP contribution in [0.15, 0.2) is 34.9 Å². The van der Waals surface area contributed by atoms with Gasteiger partial charge in [0.2, 0.25) is 0 Å². The first-order chi connectivity index (χ1) is 4.77. The van der Waals surface area contributed by atoms with E-state index in [2.05, 4.69) is 19.6 Å². The van der Waals surface area contributed by atoms with Crippen LogP contribution in [0.3, 0.4) is 0 Å². The fraction of sp³-hybridized carbons (Fsp3) is 0.400. The Morgan fingerprint density at radius 2 is 2.20 bits per heavy atom. The van der Waals surface area contributed by atoms with Gasteiger partial charge < -0.3 is 0 Å². The van der Waals surface area contributed by atoms with Crippen molar-refractivity contribution in [1.82, 2.24) is 0 Å². The highest BCUT2D eigenvalue weighted by atomic mass is 14.2. The fourth-order valence-electron chi connectivity index (χ4n) is 1.58. The molecule has 2 aliphatic rings. The summed E-state index contributed by atoms with van der Waals surface area (Å²) < 4.78 is 0. The van der Waals surface area contributed by atoms with Gasteiger partial charge in [-0.25, -0.2) is 0 Å². The Balaban J connectivity index is 2.38. The minimum atomic E-state index is 1.15. The van der Waals surface area contributed by atoms with Crippen LogP contribution in [0.2, 0.25) is 0 Å². The lowest BCUT2D eigenvalue weighted by molar-refractivity contribution is 0.771. The second-order valence-electron chi connectivity index (χ2n) is 3.24. The molecule has 0 amide bonds. The van der Waals surface area contributed by atoms with E-state index in [0.29, 0.717) is 0 Å². The summed E-state index contributed by atoms with van der Waals surface area (Å²) in [6.45, 7) is 6.17. The normalized spacial score (nSPS) is 23.7. The van der Waals surface area contributed by atoms with Crippen LogP contribution in [0.25, 0.3) is 0 Å². The molecule has 2 aliphatic carbocycles. The molecule has 0 saturated heterocycles. The molecule has 0 N–H and O–H groups in total. The molecule has 0 nitrogen and oxygen atoms in total. The molecule has 0 fully saturated rings. The summed E-state index contributed by atoms with van der Waals surface area (Å²) in [7, 11) is 0. The minimum Gasteiger partial charge on any atom is -0.0952 e. The first kappa shape index (κ1) is 5.96. The fourth-order valence-corrected chi connectivity index (χ4v) is 1.58. The second kappa shape index (κ2) is 1.85. The summed E-state index contributed by atoms with van der Waals surface area (Å²) in [5.74, 6) is 0. The standard InChI is InChI=1S/C10H12/c1-7-5-9-3-4-10(9)6-8(7)2/h6H,1,3-5H2,2H3. The Morgan fingerprint density at radius 3 is 2.70 bits per heavy atom. The summed E-state index contributed by atoms with van der Waals surface area (Å²) in [6.07, 6.45) is 6.07. The molecular formula is C10H12. The van der Waals surface area contributed by atoms with Crippen LogP contribution in [0.4, 0.5) is 0 Å². The van der Waals surface area contributed by atoms with Crippen LogP contribution < -0.4 is 0 Å². The predicted molar refractivity (Wildman–Crippen MR) is 43.8 cm³/mol. The lowest BCUT2D eigenvalue weighted by Crippen LogP contribution is -2.08. The molecule has 0 atom stereocenters. The molecule has 0 radical (unpaired) electrons. The first-order valence-electron chi connectivity index (χ1n) is 3.85. The highest BCUT2D eigenvalue weighted by Gasteiger charge is 2.20. The van der Waals surface area contributed by atoms with Gasteiger partial charge in [0, 0.05) is 0 Å². The zero-order valence-electron chi connectivity index (χ0n) is 6.41. The van der Waals surface area contributed by atoms with Gasteiger partial charge in [0.1, 0.15) is 0 Å². The van der Waals surface area contributed by atoms with Crippen molar-refractivity contribution in [2.45, 2.75) is 26.2 Å². The van der Waals surface area contributed by atoms with E-state index in [1.165, 1.54) is 24.0 Å². The molecule has 0 aromatic carbocycles. The molecule has 52 valence electrons. The SMILES string of the molecule is C=C1CC2=C(C=C1C)CC2. The molecule has 0 bridgehead atoms. The third-order valence-electron chi connectivity index (χ3n) is 2.53. The van der Waals surface area contributed by atoms with E-state index in [-0.39, 0.29) is 0 Å². The van der Waals surface area contributed by atoms with E-state index < -0.39 is 0 Å². The molecule has 0 aliphatic heterocycles. The van der Waals surface area contributed by atoms with Gasteiger partial charge in [0.25, 0.3) is 0 Å². The van der Waals surface area contributed by atoms with Gasteiger partial charge in [-0.15, -0.1) is 0 Å². The van der Waals surface area contributed by atoms with Gasteiger partial charge in [0.15, 0.2) is 0 Å². The molecule has 0 heteroatoms. The molecule has 0 spiro atoms. The third-order valence-corrected chi connectivity index (χ3v) is 2.53. The van der Waals surface area contributed by atoms with E-state index in [1.807, 2.05) is 0 Å². The van der Waals surface area contributed by atoms with Gasteiger partial charge >= 0.3 is 0 Å². The van der Waals surface area contributed by atoms with Gasteiger partial charge in [-0.1, -0.05) is 18.2 Å². The van der Waals surface area contributed by atoms with Gasteiger partial charge in [-0.3, -0.25) is 0 Å². The van der Waals surface area contributed by atoms with Crippen molar-refractivity contribution in [2.75, 3.05) is 0 Å². The molecule has 0 aromatic rings. The molecule has 0 saturated carbocycles. The van der Waals surface area contributed by atoms with E-state index in [4.69, 9.17) is 0 Å². The summed E-state index contributed by atoms with van der Waals surface area (Å²) in [5, 5.41) is 0. The predicted octanol–water partition coefficient (Wildman–Crippen LogP) is 2.98. The van der Waals surface area contributed by atoms with Gasteiger partial charge in [0.05, 0.1) is 0 Å². The Bertz CT molecular complexity index is 251. The maximum atomic E-state index is 4.01. The summed E-state index contributed by atoms with van der Waals surface area (Å²) in [6, 6.07) is 0. The number of rotatable bonds is 0. The highest BCUT2D eigenvalue weighted by molar-refractivity contribution is 5.48. The third kappa shape index (κ3) is 0.683. The Morgan fingerprint density at radius 1 is 1.40 bits per heavy atom. The molecule has 2 rings (SSSR count). The molecular weight excluding hydrogens is 120 g/mol. The van der Waals surface area contributed by atoms with Crippen molar-refractivity contribution >= 4 is 0 Å². The van der Waals surface area contributed by atoms with Crippen molar-refractivity contribution in [2.24, 2.45) is 0 Å². The van der Waals surface area contributed by atoms with E-state index >= 15 is 0 Å². The topological polar surface area (TPSA) is 0 Å². The van der Waals surface area contributed by atoms with Gasteiger partial charge in [-0.05, 0) is 42.9 Å². The number of hydrogen-bond donors (Lipinski definition) is 0. The van der Waals surface area contributed by atoms with Crippen LogP contribution >= 0.6 is 0 Å². The smallest absolute Gasteiger partial charge is 0.00644 e. The molecule has 0 aromatic heterocycles. The van der Waals surface area contributed by atoms with Gasteiger partial charge in [-0.2, -0.15) is 0 Å². The van der Waals surface area contributed by atoms with Crippen LogP contribution in [0.1, 0.15) is 26.2 Å². The maximum Gasteiger partial charge on any atom is -0.00644 e. The Hall–Kier alpha value is -0.780. The van der Waals surface area contributed by atoms with E-state index in [9.17, 15) is 0 Å². The Labute approximate surface area is 61.9 Å². The largest absolute Gasteiger partial charge is 0.0952 e. The summed E-state index contributed by atoms with van der Waals surface area (Å²) in [5.41, 5.74) is 5.93. The molecule has 0 heterocycles. The van der Waals surface area contributed by atoms with E-state index in [1.54, 1.807) is 11.1 Å². The van der Waals surface area contributed by atoms with Crippen molar-refractivity contribution < 1.29 is 0 Å². The quantitative estimate of drug-likeness (QED) is 0.475. The zero-order chi connectivity index (χ0) is 7.14. The minimum absolute atomic E-state index is 1.15. The molecule has 0 unspecified atom stereocenters. The van der Waals surface area contributed by atoms with Crippen LogP contribution in [0, 0.1) is 0 Å².